The third-order valence-electron chi connectivity index (χ3n) is 25.0. The number of aryl methyl sites for hydroxylation is 2. The largest absolute Gasteiger partial charge is 0.497 e. The monoisotopic (exact) mass is 1910 g/mol. The molecule has 1 unspecified atom stereocenters. The van der Waals surface area contributed by atoms with Gasteiger partial charge in [0.15, 0.2) is 9.84 Å². The molecule has 8 aromatic carbocycles. The van der Waals surface area contributed by atoms with Gasteiger partial charge in [-0.25, -0.2) is 32.7 Å². The van der Waals surface area contributed by atoms with Crippen molar-refractivity contribution >= 4 is 105 Å². The van der Waals surface area contributed by atoms with Crippen LogP contribution >= 0.6 is 0 Å². The van der Waals surface area contributed by atoms with Gasteiger partial charge in [-0.05, 0) is 188 Å². The van der Waals surface area contributed by atoms with Crippen molar-refractivity contribution in [3.8, 4) is 79.5 Å². The first-order valence-electron chi connectivity index (χ1n) is 47.1. The molecular weight excluding hydrogens is 1790 g/mol. The molecule has 3 fully saturated rings. The van der Waals surface area contributed by atoms with Crippen LogP contribution in [0.3, 0.4) is 0 Å². The van der Waals surface area contributed by atoms with Crippen molar-refractivity contribution in [1.29, 1.82) is 0 Å². The van der Waals surface area contributed by atoms with Gasteiger partial charge in [-0.1, -0.05) is 13.8 Å². The molecule has 2 aliphatic heterocycles. The van der Waals surface area contributed by atoms with Gasteiger partial charge >= 0.3 is 0 Å². The lowest BCUT2D eigenvalue weighted by Crippen LogP contribution is -2.32. The summed E-state index contributed by atoms with van der Waals surface area (Å²) in [6.07, 6.45) is 30.7. The van der Waals surface area contributed by atoms with Gasteiger partial charge in [0.25, 0.3) is 5.91 Å². The van der Waals surface area contributed by atoms with E-state index in [0.717, 1.165) is 223 Å². The number of ether oxygens (including phenoxy) is 6. The van der Waals surface area contributed by atoms with E-state index in [0.29, 0.717) is 60.3 Å². The molecule has 728 valence electrons. The number of sulfone groups is 1. The minimum Gasteiger partial charge on any atom is -0.497 e. The van der Waals surface area contributed by atoms with Crippen LogP contribution in [0.5, 0.6) is 34.5 Å². The normalized spacial score (nSPS) is 13.8. The highest BCUT2D eigenvalue weighted by Crippen LogP contribution is 2.42. The third-order valence-corrected chi connectivity index (χ3v) is 26.6. The van der Waals surface area contributed by atoms with E-state index in [1.165, 1.54) is 51.4 Å². The number of carbonyl (C=O) groups excluding carboxylic acids is 1. The van der Waals surface area contributed by atoms with Crippen LogP contribution in [-0.4, -0.2) is 243 Å². The van der Waals surface area contributed by atoms with Crippen molar-refractivity contribution in [1.82, 2.24) is 99.8 Å². The number of nitrogens with zero attached hydrogens (tertiary/aromatic N) is 21. The lowest BCUT2D eigenvalue weighted by molar-refractivity contribution is 0.0962. The van der Waals surface area contributed by atoms with E-state index in [1.54, 1.807) is 95.3 Å². The highest BCUT2D eigenvalue weighted by atomic mass is 32.2. The Kier molecular flexibility index (Phi) is 31.7. The van der Waals surface area contributed by atoms with Gasteiger partial charge in [-0.2, -0.15) is 20.4 Å². The number of amides is 1. The van der Waals surface area contributed by atoms with Crippen molar-refractivity contribution in [2.75, 3.05) is 148 Å². The topological polar surface area (TPSA) is 335 Å². The van der Waals surface area contributed by atoms with Gasteiger partial charge in [0.1, 0.15) is 40.3 Å². The molecule has 1 saturated carbocycles. The molecule has 10 heterocycles. The van der Waals surface area contributed by atoms with E-state index in [2.05, 4.69) is 150 Å². The highest BCUT2D eigenvalue weighted by Gasteiger charge is 2.31. The lowest BCUT2D eigenvalue weighted by Gasteiger charge is -2.27. The average molecular weight is 1910 g/mol. The van der Waals surface area contributed by atoms with Gasteiger partial charge in [0, 0.05) is 231 Å². The maximum atomic E-state index is 14.4. The molecule has 0 bridgehead atoms. The molecule has 140 heavy (non-hydrogen) atoms. The molecular formula is C105H121FN24O9S. The second-order valence-corrected chi connectivity index (χ2v) is 38.0. The number of methoxy groups -OCH3 is 6. The minimum atomic E-state index is -3.02. The van der Waals surface area contributed by atoms with Crippen LogP contribution in [0.1, 0.15) is 89.0 Å². The fraction of sp³-hybridized carbons (Fsp3) is 0.343. The molecule has 19 rings (SSSR count). The molecule has 0 spiro atoms. The van der Waals surface area contributed by atoms with Crippen molar-refractivity contribution in [3.63, 3.8) is 0 Å². The van der Waals surface area contributed by atoms with Crippen molar-refractivity contribution < 1.29 is 46.0 Å². The molecule has 35 heteroatoms. The summed E-state index contributed by atoms with van der Waals surface area (Å²) in [5.41, 5.74) is 21.0. The number of rotatable bonds is 35. The number of likely N-dealkylation sites (tertiary alicyclic amines) is 2. The SMILES string of the molecule is CNC(=O)c1cc(F)cc(N(CC2CC2)c2ccc3ncc(-c4cnn(C)c4)nc3c2)c1.COc1cc(OC)cc(N(CCCN2CCC(S(C)(=O)=O)C2)c2ccc3ncc(-c4cnn(C)c4)nc3c2)c1.COc1cc(OC)cc(N(CCCN2CCCC2)c2ccc3ncc(-c4cnn(C(C)C)c4)nc3c2)c1.COc1cc(OC)cc(N(CCNC(C)C)c2ccc3ncc(-c4cn[nH]c4)nc3c2)c1. The molecule has 3 aliphatic rings. The van der Waals surface area contributed by atoms with Crippen LogP contribution in [0.2, 0.25) is 0 Å². The number of hydrogen-bond acceptors (Lipinski definition) is 28. The van der Waals surface area contributed by atoms with E-state index in [-0.39, 0.29) is 11.2 Å². The summed E-state index contributed by atoms with van der Waals surface area (Å²) in [6.45, 7) is 18.1. The van der Waals surface area contributed by atoms with Crippen molar-refractivity contribution in [2.45, 2.75) is 90.0 Å². The summed E-state index contributed by atoms with van der Waals surface area (Å²) in [6, 6.07) is 47.2. The van der Waals surface area contributed by atoms with Gasteiger partial charge in [0.05, 0.1) is 164 Å². The highest BCUT2D eigenvalue weighted by molar-refractivity contribution is 7.91. The zero-order chi connectivity index (χ0) is 98.1. The number of carbonyl (C=O) groups is 1. The molecule has 2 saturated heterocycles. The van der Waals surface area contributed by atoms with Crippen LogP contribution in [0.4, 0.5) is 49.9 Å². The molecule has 33 nitrogen and oxygen atoms in total. The predicted molar refractivity (Wildman–Crippen MR) is 549 cm³/mol. The van der Waals surface area contributed by atoms with Crippen molar-refractivity contribution in [3.05, 3.63) is 231 Å². The fourth-order valence-corrected chi connectivity index (χ4v) is 18.2. The smallest absolute Gasteiger partial charge is 0.251 e. The number of fused-ring (bicyclic) bond motifs is 4. The summed E-state index contributed by atoms with van der Waals surface area (Å²) in [5.74, 6) is 4.20. The molecule has 0 radical (unpaired) electrons. The third kappa shape index (κ3) is 24.8. The Morgan fingerprint density at radius 1 is 0.457 bits per heavy atom. The zero-order valence-corrected chi connectivity index (χ0v) is 82.5. The zero-order valence-electron chi connectivity index (χ0n) is 81.7. The predicted octanol–water partition coefficient (Wildman–Crippen LogP) is 17.7. The number of benzene rings is 8. The summed E-state index contributed by atoms with van der Waals surface area (Å²) >= 11 is 0. The first-order valence-corrected chi connectivity index (χ1v) is 49.1. The quantitative estimate of drug-likeness (QED) is 0.0332. The van der Waals surface area contributed by atoms with Gasteiger partial charge in [-0.3, -0.25) is 43.9 Å². The fourth-order valence-electron chi connectivity index (χ4n) is 17.2. The summed E-state index contributed by atoms with van der Waals surface area (Å²) in [7, 11) is 12.2. The summed E-state index contributed by atoms with van der Waals surface area (Å²) in [4.78, 5) is 63.6. The lowest BCUT2D eigenvalue weighted by atomic mass is 10.1. The van der Waals surface area contributed by atoms with Crippen LogP contribution < -0.4 is 58.7 Å². The average Bonchev–Trinajstić information content (AvgIpc) is 1.48. The summed E-state index contributed by atoms with van der Waals surface area (Å²) in [5, 5.41) is 25.6. The molecule has 3 N–H and O–H groups in total. The van der Waals surface area contributed by atoms with Crippen LogP contribution in [0.15, 0.2) is 220 Å². The van der Waals surface area contributed by atoms with Crippen LogP contribution in [0, 0.1) is 11.7 Å². The molecule has 1 aliphatic carbocycles. The number of H-pyrrole nitrogens is 1. The standard InChI is InChI=1S/C29H36N6O2.C28H34N6O4S.C24H23FN6O.C24H28N6O2/c1-21(2)35-20-22(18-31-35)29-19-30-27-9-8-23(16-28(27)32-29)34(13-7-12-33-10-5-6-11-33)24-14-25(36-3)17-26(15-24)37-4;1-32-18-20(16-30-32)28-17-29-26-7-6-21(14-27(26)31-28)34(22-12-23(37-2)15-24(13-22)38-3)10-5-9-33-11-8-25(19-33)39(4,35)36;1-26-24(32)16-7-18(25)9-20(8-16)31(13-15-3-4-15)19-5-6-21-22(10-19)29-23(12-27-21)17-11-28-30(2)14-17;1-16(2)25-7-8-30(19-9-20(31-3)12-21(10-19)32-4)18-5-6-22-23(11-18)29-24(15-26-22)17-13-27-28-14-17/h8-9,14-21H,5-7,10-13H2,1-4H3;6-7,12-18,25H,5,8-11,19H2,1-4H3;5-12,14-15H,3-4,13H2,1-2H3,(H,26,32);5-6,9-16,25H,7-8H2,1-4H3,(H,27,28). The van der Waals surface area contributed by atoms with Gasteiger partial charge < -0.3 is 68.5 Å². The maximum absolute atomic E-state index is 14.4. The minimum absolute atomic E-state index is 0.274. The van der Waals surface area contributed by atoms with Crippen molar-refractivity contribution in [2.24, 2.45) is 20.0 Å². The number of aromatic amines is 1. The van der Waals surface area contributed by atoms with E-state index in [1.807, 2.05) is 147 Å². The van der Waals surface area contributed by atoms with Crippen LogP contribution in [-0.2, 0) is 23.9 Å². The van der Waals surface area contributed by atoms with E-state index >= 15 is 0 Å². The number of aromatic nitrogens is 16. The van der Waals surface area contributed by atoms with E-state index < -0.39 is 15.7 Å². The second-order valence-electron chi connectivity index (χ2n) is 35.7. The Bertz CT molecular complexity index is 7010. The number of anilines is 8. The van der Waals surface area contributed by atoms with Crippen LogP contribution in [0.25, 0.3) is 89.2 Å². The van der Waals surface area contributed by atoms with E-state index in [4.69, 9.17) is 48.4 Å². The molecule has 1 amide bonds. The second kappa shape index (κ2) is 45.2. The Morgan fingerprint density at radius 3 is 1.24 bits per heavy atom. The first-order chi connectivity index (χ1) is 67.8. The number of hydrogen-bond donors (Lipinski definition) is 3. The van der Waals surface area contributed by atoms with E-state index in [9.17, 15) is 17.6 Å². The van der Waals surface area contributed by atoms with Gasteiger partial charge in [0.2, 0.25) is 0 Å². The maximum Gasteiger partial charge on any atom is 0.251 e. The first kappa shape index (κ1) is 98.2. The Balaban J connectivity index is 0.000000135. The Hall–Kier alpha value is -14.8. The van der Waals surface area contributed by atoms with Gasteiger partial charge in [-0.15, -0.1) is 0 Å². The number of halogens is 1. The molecule has 1 atom stereocenters. The molecule has 16 aromatic rings. The molecule has 8 aromatic heterocycles. The Morgan fingerprint density at radius 2 is 0.864 bits per heavy atom. The number of nitrogens with one attached hydrogen (secondary N) is 3. The Labute approximate surface area is 815 Å². The summed E-state index contributed by atoms with van der Waals surface area (Å²) < 4.78 is 77.1.